The van der Waals surface area contributed by atoms with Crippen LogP contribution in [0, 0.1) is 5.82 Å². The number of amides is 1. The van der Waals surface area contributed by atoms with Crippen LogP contribution in [-0.2, 0) is 11.2 Å². The molecule has 2 aromatic carbocycles. The molecule has 1 N–H and O–H groups in total. The lowest BCUT2D eigenvalue weighted by Crippen LogP contribution is -2.15. The topological polar surface area (TPSA) is 51.2 Å². The first-order valence-corrected chi connectivity index (χ1v) is 8.65. The van der Waals surface area contributed by atoms with E-state index in [0.717, 1.165) is 10.6 Å². The highest BCUT2D eigenvalue weighted by Gasteiger charge is 2.13. The van der Waals surface area contributed by atoms with Crippen molar-refractivity contribution in [2.75, 3.05) is 12.4 Å². The van der Waals surface area contributed by atoms with Crippen LogP contribution in [0.2, 0.25) is 5.02 Å². The second kappa shape index (κ2) is 7.63. The van der Waals surface area contributed by atoms with Crippen molar-refractivity contribution in [3.8, 4) is 16.3 Å². The van der Waals surface area contributed by atoms with Gasteiger partial charge in [-0.3, -0.25) is 4.79 Å². The van der Waals surface area contributed by atoms with E-state index in [-0.39, 0.29) is 18.0 Å². The molecule has 128 valence electrons. The van der Waals surface area contributed by atoms with Crippen molar-refractivity contribution in [1.29, 1.82) is 0 Å². The Morgan fingerprint density at radius 2 is 2.12 bits per heavy atom. The maximum atomic E-state index is 13.4. The summed E-state index contributed by atoms with van der Waals surface area (Å²) in [7, 11) is 1.46. The molecule has 0 unspecified atom stereocenters. The summed E-state index contributed by atoms with van der Waals surface area (Å²) in [5, 5.41) is 5.81. The maximum absolute atomic E-state index is 13.4. The Morgan fingerprint density at radius 1 is 1.32 bits per heavy atom. The Kier molecular flexibility index (Phi) is 5.31. The van der Waals surface area contributed by atoms with Crippen LogP contribution in [0.4, 0.5) is 10.1 Å². The lowest BCUT2D eigenvalue weighted by Gasteiger charge is -2.09. The predicted molar refractivity (Wildman–Crippen MR) is 97.8 cm³/mol. The number of nitrogens with one attached hydrogen (secondary N) is 1. The molecule has 0 saturated heterocycles. The number of hydrogen-bond donors (Lipinski definition) is 1. The summed E-state index contributed by atoms with van der Waals surface area (Å²) in [6, 6.07) is 11.3. The van der Waals surface area contributed by atoms with E-state index in [1.165, 1.54) is 36.6 Å². The second-order valence-corrected chi connectivity index (χ2v) is 6.46. The third kappa shape index (κ3) is 4.15. The summed E-state index contributed by atoms with van der Waals surface area (Å²) in [6.45, 7) is 0. The average molecular weight is 377 g/mol. The number of hydrogen-bond acceptors (Lipinski definition) is 4. The van der Waals surface area contributed by atoms with E-state index < -0.39 is 5.82 Å². The molecule has 1 heterocycles. The molecule has 3 rings (SSSR count). The fourth-order valence-electron chi connectivity index (χ4n) is 2.28. The Morgan fingerprint density at radius 3 is 2.88 bits per heavy atom. The van der Waals surface area contributed by atoms with Crippen molar-refractivity contribution in [2.24, 2.45) is 0 Å². The number of methoxy groups -OCH3 is 1. The number of aromatic nitrogens is 1. The van der Waals surface area contributed by atoms with Crippen LogP contribution >= 0.6 is 22.9 Å². The molecule has 0 aliphatic carbocycles. The summed E-state index contributed by atoms with van der Waals surface area (Å²) in [4.78, 5) is 16.7. The van der Waals surface area contributed by atoms with Crippen LogP contribution in [0.15, 0.2) is 47.8 Å². The third-order valence-electron chi connectivity index (χ3n) is 3.43. The van der Waals surface area contributed by atoms with Crippen LogP contribution in [0.1, 0.15) is 5.69 Å². The monoisotopic (exact) mass is 376 g/mol. The van der Waals surface area contributed by atoms with E-state index in [1.54, 1.807) is 11.4 Å². The van der Waals surface area contributed by atoms with Crippen LogP contribution in [0.25, 0.3) is 10.6 Å². The Labute approximate surface area is 153 Å². The van der Waals surface area contributed by atoms with Gasteiger partial charge in [-0.05, 0) is 18.2 Å². The molecule has 25 heavy (non-hydrogen) atoms. The van der Waals surface area contributed by atoms with Crippen molar-refractivity contribution >= 4 is 34.5 Å². The predicted octanol–water partition coefficient (Wildman–Crippen LogP) is 4.79. The highest BCUT2D eigenvalue weighted by Crippen LogP contribution is 2.30. The number of carbonyl (C=O) groups is 1. The normalized spacial score (nSPS) is 10.5. The number of nitrogens with zero attached hydrogens (tertiary/aromatic N) is 1. The molecular formula is C18H14ClFN2O2S. The van der Waals surface area contributed by atoms with E-state index in [1.807, 2.05) is 18.2 Å². The molecule has 0 bridgehead atoms. The van der Waals surface area contributed by atoms with Gasteiger partial charge < -0.3 is 10.1 Å². The standard InChI is InChI=1S/C18H14ClFN2O2S/c1-24-16-7-6-11(20)8-15(16)22-17(23)9-12-10-25-18(21-12)13-4-2-3-5-14(13)19/h2-8,10H,9H2,1H3,(H,22,23). The largest absolute Gasteiger partial charge is 0.495 e. The molecule has 0 aliphatic rings. The number of ether oxygens (including phenoxy) is 1. The minimum Gasteiger partial charge on any atom is -0.495 e. The molecule has 7 heteroatoms. The van der Waals surface area contributed by atoms with E-state index >= 15 is 0 Å². The molecule has 0 saturated carbocycles. The molecule has 1 aromatic heterocycles. The first-order valence-electron chi connectivity index (χ1n) is 7.39. The molecule has 0 atom stereocenters. The van der Waals surface area contributed by atoms with Gasteiger partial charge in [0.25, 0.3) is 0 Å². The number of carbonyl (C=O) groups excluding carboxylic acids is 1. The quantitative estimate of drug-likeness (QED) is 0.696. The fraction of sp³-hybridized carbons (Fsp3) is 0.111. The lowest BCUT2D eigenvalue weighted by atomic mass is 10.2. The van der Waals surface area contributed by atoms with Crippen molar-refractivity contribution in [3.05, 3.63) is 64.4 Å². The highest BCUT2D eigenvalue weighted by atomic mass is 35.5. The molecule has 0 aliphatic heterocycles. The maximum Gasteiger partial charge on any atom is 0.230 e. The van der Waals surface area contributed by atoms with Crippen molar-refractivity contribution in [2.45, 2.75) is 6.42 Å². The lowest BCUT2D eigenvalue weighted by molar-refractivity contribution is -0.115. The molecule has 1 amide bonds. The van der Waals surface area contributed by atoms with Crippen LogP contribution in [0.5, 0.6) is 5.75 Å². The van der Waals surface area contributed by atoms with Gasteiger partial charge in [0.05, 0.1) is 29.9 Å². The number of rotatable bonds is 5. The van der Waals surface area contributed by atoms with Gasteiger partial charge in [0.15, 0.2) is 0 Å². The number of halogens is 2. The first-order chi connectivity index (χ1) is 12.1. The third-order valence-corrected chi connectivity index (χ3v) is 4.69. The number of thiazole rings is 1. The smallest absolute Gasteiger partial charge is 0.230 e. The zero-order chi connectivity index (χ0) is 17.8. The zero-order valence-electron chi connectivity index (χ0n) is 13.3. The second-order valence-electron chi connectivity index (χ2n) is 5.19. The molecule has 0 fully saturated rings. The molecule has 0 spiro atoms. The summed E-state index contributed by atoms with van der Waals surface area (Å²) in [6.07, 6.45) is 0.0701. The van der Waals surface area contributed by atoms with Crippen LogP contribution in [-0.4, -0.2) is 18.0 Å². The molecular weight excluding hydrogens is 363 g/mol. The Bertz CT molecular complexity index is 914. The minimum atomic E-state index is -0.453. The molecule has 4 nitrogen and oxygen atoms in total. The summed E-state index contributed by atoms with van der Waals surface area (Å²) >= 11 is 7.58. The summed E-state index contributed by atoms with van der Waals surface area (Å²) in [5.41, 5.74) is 1.73. The van der Waals surface area contributed by atoms with Gasteiger partial charge >= 0.3 is 0 Å². The van der Waals surface area contributed by atoms with Gasteiger partial charge in [0.1, 0.15) is 16.6 Å². The zero-order valence-corrected chi connectivity index (χ0v) is 14.8. The van der Waals surface area contributed by atoms with Gasteiger partial charge in [0, 0.05) is 17.0 Å². The van der Waals surface area contributed by atoms with E-state index in [4.69, 9.17) is 16.3 Å². The fourth-order valence-corrected chi connectivity index (χ4v) is 3.42. The van der Waals surface area contributed by atoms with Crippen molar-refractivity contribution in [3.63, 3.8) is 0 Å². The number of benzene rings is 2. The summed E-state index contributed by atoms with van der Waals surface area (Å²) in [5.74, 6) is -0.365. The van der Waals surface area contributed by atoms with Gasteiger partial charge in [-0.1, -0.05) is 29.8 Å². The Balaban J connectivity index is 1.72. The van der Waals surface area contributed by atoms with Gasteiger partial charge in [0.2, 0.25) is 5.91 Å². The van der Waals surface area contributed by atoms with Crippen molar-refractivity contribution in [1.82, 2.24) is 4.98 Å². The highest BCUT2D eigenvalue weighted by molar-refractivity contribution is 7.13. The first kappa shape index (κ1) is 17.4. The molecule has 3 aromatic rings. The van der Waals surface area contributed by atoms with E-state index in [2.05, 4.69) is 10.3 Å². The summed E-state index contributed by atoms with van der Waals surface area (Å²) < 4.78 is 18.5. The van der Waals surface area contributed by atoms with Gasteiger partial charge in [-0.15, -0.1) is 11.3 Å². The van der Waals surface area contributed by atoms with Gasteiger partial charge in [-0.2, -0.15) is 0 Å². The van der Waals surface area contributed by atoms with Crippen molar-refractivity contribution < 1.29 is 13.9 Å². The average Bonchev–Trinajstić information content (AvgIpc) is 3.03. The van der Waals surface area contributed by atoms with Crippen LogP contribution in [0.3, 0.4) is 0 Å². The Hall–Kier alpha value is -2.44. The van der Waals surface area contributed by atoms with Crippen LogP contribution < -0.4 is 10.1 Å². The molecule has 0 radical (unpaired) electrons. The minimum absolute atomic E-state index is 0.0701. The SMILES string of the molecule is COc1ccc(F)cc1NC(=O)Cc1csc(-c2ccccc2Cl)n1. The number of anilines is 1. The van der Waals surface area contributed by atoms with Gasteiger partial charge in [-0.25, -0.2) is 9.37 Å². The van der Waals surface area contributed by atoms with E-state index in [0.29, 0.717) is 16.5 Å². The van der Waals surface area contributed by atoms with E-state index in [9.17, 15) is 9.18 Å².